The summed E-state index contributed by atoms with van der Waals surface area (Å²) in [4.78, 5) is 17.4. The van der Waals surface area contributed by atoms with Crippen LogP contribution < -0.4 is 10.1 Å². The van der Waals surface area contributed by atoms with Crippen LogP contribution in [-0.2, 0) is 17.8 Å². The highest BCUT2D eigenvalue weighted by Crippen LogP contribution is 2.25. The molecule has 0 aliphatic heterocycles. The van der Waals surface area contributed by atoms with Crippen molar-refractivity contribution >= 4 is 23.1 Å². The second-order valence-electron chi connectivity index (χ2n) is 7.73. The molecule has 170 valence electrons. The number of para-hydroxylation sites is 1. The van der Waals surface area contributed by atoms with Gasteiger partial charge < -0.3 is 14.5 Å². The van der Waals surface area contributed by atoms with E-state index in [0.717, 1.165) is 22.0 Å². The zero-order valence-corrected chi connectivity index (χ0v) is 19.3. The van der Waals surface area contributed by atoms with E-state index in [1.54, 1.807) is 17.2 Å². The van der Waals surface area contributed by atoms with Crippen molar-refractivity contribution in [2.45, 2.75) is 20.0 Å². The first-order valence-corrected chi connectivity index (χ1v) is 11.6. The lowest BCUT2D eigenvalue weighted by Crippen LogP contribution is -2.17. The molecule has 5 rings (SSSR count). The van der Waals surface area contributed by atoms with Crippen molar-refractivity contribution in [3.05, 3.63) is 101 Å². The summed E-state index contributed by atoms with van der Waals surface area (Å²) in [7, 11) is 0. The first-order chi connectivity index (χ1) is 16.6. The van der Waals surface area contributed by atoms with Crippen LogP contribution in [0.3, 0.4) is 0 Å². The Morgan fingerprint density at radius 1 is 1.12 bits per heavy atom. The number of aryl methyl sites for hydroxylation is 1. The van der Waals surface area contributed by atoms with Gasteiger partial charge in [0.15, 0.2) is 0 Å². The molecule has 0 spiro atoms. The third-order valence-electron chi connectivity index (χ3n) is 5.12. The van der Waals surface area contributed by atoms with Crippen LogP contribution in [0.4, 0.5) is 5.82 Å². The largest absolute Gasteiger partial charge is 0.486 e. The van der Waals surface area contributed by atoms with Gasteiger partial charge in [-0.3, -0.25) is 4.79 Å². The second kappa shape index (κ2) is 9.76. The SMILES string of the molecule is Cc1ccc(OCc2nc(CC(=O)Nc3cc(-c4ccoc4)nn3-c3ccccc3)cs2)cc1. The molecule has 1 N–H and O–H groups in total. The molecular formula is C26H22N4O3S. The van der Waals surface area contributed by atoms with Crippen LogP contribution in [0.15, 0.2) is 89.1 Å². The highest BCUT2D eigenvalue weighted by Gasteiger charge is 2.16. The molecule has 34 heavy (non-hydrogen) atoms. The summed E-state index contributed by atoms with van der Waals surface area (Å²) in [6.45, 7) is 2.40. The number of nitrogens with one attached hydrogen (secondary N) is 1. The number of nitrogens with zero attached hydrogens (tertiary/aromatic N) is 3. The van der Waals surface area contributed by atoms with Gasteiger partial charge in [0.25, 0.3) is 0 Å². The highest BCUT2D eigenvalue weighted by atomic mass is 32.1. The molecule has 0 saturated carbocycles. The topological polar surface area (TPSA) is 82.2 Å². The Bertz CT molecular complexity index is 1370. The molecule has 7 nitrogen and oxygen atoms in total. The second-order valence-corrected chi connectivity index (χ2v) is 8.68. The van der Waals surface area contributed by atoms with Crippen molar-refractivity contribution in [3.63, 3.8) is 0 Å². The van der Waals surface area contributed by atoms with Crippen LogP contribution in [0, 0.1) is 6.92 Å². The van der Waals surface area contributed by atoms with Gasteiger partial charge >= 0.3 is 0 Å². The van der Waals surface area contributed by atoms with Crippen molar-refractivity contribution in [2.24, 2.45) is 0 Å². The Kier molecular flexibility index (Phi) is 6.22. The zero-order valence-electron chi connectivity index (χ0n) is 18.5. The predicted octanol–water partition coefficient (Wildman–Crippen LogP) is 5.66. The Labute approximate surface area is 200 Å². The molecule has 0 atom stereocenters. The molecule has 0 aliphatic carbocycles. The maximum Gasteiger partial charge on any atom is 0.231 e. The van der Waals surface area contributed by atoms with Gasteiger partial charge in [0.05, 0.1) is 36.0 Å². The first kappa shape index (κ1) is 21.7. The molecule has 0 bridgehead atoms. The summed E-state index contributed by atoms with van der Waals surface area (Å²) in [6, 6.07) is 21.2. The highest BCUT2D eigenvalue weighted by molar-refractivity contribution is 7.09. The lowest BCUT2D eigenvalue weighted by atomic mass is 10.2. The van der Waals surface area contributed by atoms with Gasteiger partial charge in [-0.1, -0.05) is 35.9 Å². The minimum Gasteiger partial charge on any atom is -0.486 e. The number of ether oxygens (including phenoxy) is 1. The monoisotopic (exact) mass is 470 g/mol. The van der Waals surface area contributed by atoms with E-state index in [1.165, 1.54) is 16.9 Å². The van der Waals surface area contributed by atoms with E-state index < -0.39 is 0 Å². The maximum absolute atomic E-state index is 12.8. The zero-order chi connectivity index (χ0) is 23.3. The maximum atomic E-state index is 12.8. The van der Waals surface area contributed by atoms with Crippen LogP contribution in [0.5, 0.6) is 5.75 Å². The molecule has 0 fully saturated rings. The van der Waals surface area contributed by atoms with E-state index >= 15 is 0 Å². The number of rotatable bonds is 8. The Hall–Kier alpha value is -4.17. The smallest absolute Gasteiger partial charge is 0.231 e. The molecule has 2 aromatic carbocycles. The van der Waals surface area contributed by atoms with Crippen molar-refractivity contribution in [2.75, 3.05) is 5.32 Å². The summed E-state index contributed by atoms with van der Waals surface area (Å²) in [5, 5.41) is 10.3. The molecular weight excluding hydrogens is 448 g/mol. The van der Waals surface area contributed by atoms with E-state index in [1.807, 2.05) is 79.0 Å². The Balaban J connectivity index is 1.27. The van der Waals surface area contributed by atoms with Gasteiger partial charge in [0.1, 0.15) is 23.2 Å². The number of thiazole rings is 1. The minimum absolute atomic E-state index is 0.155. The quantitative estimate of drug-likeness (QED) is 0.317. The lowest BCUT2D eigenvalue weighted by Gasteiger charge is -2.08. The fraction of sp³-hybridized carbons (Fsp3) is 0.115. The van der Waals surface area contributed by atoms with Gasteiger partial charge in [-0.2, -0.15) is 5.10 Å². The van der Waals surface area contributed by atoms with Crippen molar-refractivity contribution < 1.29 is 13.9 Å². The predicted molar refractivity (Wildman–Crippen MR) is 131 cm³/mol. The van der Waals surface area contributed by atoms with E-state index in [9.17, 15) is 4.79 Å². The number of hydrogen-bond acceptors (Lipinski definition) is 6. The standard InChI is InChI=1S/C26H22N4O3S/c1-18-7-9-22(10-8-18)33-16-26-27-20(17-34-26)13-25(31)28-24-14-23(19-11-12-32-15-19)29-30(24)21-5-3-2-4-6-21/h2-12,14-15,17H,13,16H2,1H3,(H,28,31). The summed E-state index contributed by atoms with van der Waals surface area (Å²) in [5.74, 6) is 1.19. The Morgan fingerprint density at radius 3 is 2.71 bits per heavy atom. The van der Waals surface area contributed by atoms with Gasteiger partial charge in [-0.15, -0.1) is 11.3 Å². The summed E-state index contributed by atoms with van der Waals surface area (Å²) < 4.78 is 12.7. The number of benzene rings is 2. The molecule has 3 aromatic heterocycles. The van der Waals surface area contributed by atoms with Crippen molar-refractivity contribution in [1.82, 2.24) is 14.8 Å². The fourth-order valence-electron chi connectivity index (χ4n) is 3.41. The normalized spacial score (nSPS) is 10.9. The number of amides is 1. The number of carbonyl (C=O) groups is 1. The summed E-state index contributed by atoms with van der Waals surface area (Å²) in [5.41, 5.74) is 4.27. The van der Waals surface area contributed by atoms with E-state index in [0.29, 0.717) is 23.8 Å². The number of furan rings is 1. The number of anilines is 1. The Morgan fingerprint density at radius 2 is 1.94 bits per heavy atom. The average molecular weight is 471 g/mol. The lowest BCUT2D eigenvalue weighted by molar-refractivity contribution is -0.115. The van der Waals surface area contributed by atoms with Crippen LogP contribution in [0.25, 0.3) is 16.9 Å². The van der Waals surface area contributed by atoms with E-state index in [-0.39, 0.29) is 12.3 Å². The third-order valence-corrected chi connectivity index (χ3v) is 5.99. The van der Waals surface area contributed by atoms with Gasteiger partial charge in [-0.05, 0) is 37.3 Å². The van der Waals surface area contributed by atoms with Crippen LogP contribution >= 0.6 is 11.3 Å². The minimum atomic E-state index is -0.174. The molecule has 3 heterocycles. The molecule has 1 amide bonds. The third kappa shape index (κ3) is 5.07. The molecule has 0 aliphatic rings. The van der Waals surface area contributed by atoms with Gasteiger partial charge in [-0.25, -0.2) is 9.67 Å². The first-order valence-electron chi connectivity index (χ1n) is 10.7. The molecule has 0 unspecified atom stereocenters. The summed E-state index contributed by atoms with van der Waals surface area (Å²) in [6.07, 6.45) is 3.37. The van der Waals surface area contributed by atoms with Gasteiger partial charge in [0.2, 0.25) is 5.91 Å². The number of aromatic nitrogens is 3. The number of hydrogen-bond donors (Lipinski definition) is 1. The average Bonchev–Trinajstić information content (AvgIpc) is 3.61. The summed E-state index contributed by atoms with van der Waals surface area (Å²) >= 11 is 1.48. The molecule has 0 saturated heterocycles. The molecule has 8 heteroatoms. The van der Waals surface area contributed by atoms with Crippen molar-refractivity contribution in [1.29, 1.82) is 0 Å². The van der Waals surface area contributed by atoms with Crippen LogP contribution in [0.1, 0.15) is 16.3 Å². The van der Waals surface area contributed by atoms with Crippen molar-refractivity contribution in [3.8, 4) is 22.7 Å². The number of carbonyl (C=O) groups excluding carboxylic acids is 1. The van der Waals surface area contributed by atoms with E-state index in [2.05, 4.69) is 15.4 Å². The van der Waals surface area contributed by atoms with E-state index in [4.69, 9.17) is 9.15 Å². The van der Waals surface area contributed by atoms with Crippen LogP contribution in [-0.4, -0.2) is 20.7 Å². The van der Waals surface area contributed by atoms with Crippen LogP contribution in [0.2, 0.25) is 0 Å². The van der Waals surface area contributed by atoms with Gasteiger partial charge in [0, 0.05) is 17.0 Å². The molecule has 5 aromatic rings. The molecule has 0 radical (unpaired) electrons. The fourth-order valence-corrected chi connectivity index (χ4v) is 4.12.